The highest BCUT2D eigenvalue weighted by Gasteiger charge is 2.31. The number of carbonyl (C=O) groups is 2. The van der Waals surface area contributed by atoms with Crippen molar-refractivity contribution in [3.8, 4) is 17.2 Å². The summed E-state index contributed by atoms with van der Waals surface area (Å²) in [5.74, 6) is 0.770. The first-order chi connectivity index (χ1) is 27.7. The van der Waals surface area contributed by atoms with Crippen LogP contribution in [0.15, 0.2) is 84.9 Å². The number of ether oxygens (including phenoxy) is 3. The predicted molar refractivity (Wildman–Crippen MR) is 209 cm³/mol. The van der Waals surface area contributed by atoms with Crippen LogP contribution < -0.4 is 40.8 Å². The molecule has 0 spiro atoms. The molecule has 0 unspecified atom stereocenters. The van der Waals surface area contributed by atoms with Crippen molar-refractivity contribution < 1.29 is 50.1 Å². The Bertz CT molecular complexity index is 2160. The van der Waals surface area contributed by atoms with Crippen molar-refractivity contribution >= 4 is 52.8 Å². The molecule has 0 fully saturated rings. The average Bonchev–Trinajstić information content (AvgIpc) is 3.14. The maximum absolute atomic E-state index is 12.4. The van der Waals surface area contributed by atoms with Gasteiger partial charge in [0.2, 0.25) is 11.9 Å². The van der Waals surface area contributed by atoms with Crippen LogP contribution in [0.25, 0.3) is 0 Å². The molecular weight excluding hydrogens is 812 g/mol. The predicted octanol–water partition coefficient (Wildman–Crippen LogP) is 10.6. The Kier molecular flexibility index (Phi) is 15.5. The van der Waals surface area contributed by atoms with Crippen molar-refractivity contribution in [2.24, 2.45) is 0 Å². The molecule has 0 aliphatic carbocycles. The summed E-state index contributed by atoms with van der Waals surface area (Å²) >= 11 is 5.88. The van der Waals surface area contributed by atoms with Crippen molar-refractivity contribution in [1.82, 2.24) is 19.9 Å². The highest BCUT2D eigenvalue weighted by atomic mass is 35.5. The van der Waals surface area contributed by atoms with Crippen molar-refractivity contribution in [3.05, 3.63) is 107 Å². The third-order valence-electron chi connectivity index (χ3n) is 7.42. The highest BCUT2D eigenvalue weighted by Crippen LogP contribution is 2.26. The lowest BCUT2D eigenvalue weighted by Crippen LogP contribution is -2.22. The lowest BCUT2D eigenvalue weighted by molar-refractivity contribution is -0.275. The number of aromatic nitrogens is 4. The summed E-state index contributed by atoms with van der Waals surface area (Å²) in [5, 5.41) is 13.3. The van der Waals surface area contributed by atoms with E-state index < -0.39 is 30.5 Å². The van der Waals surface area contributed by atoms with Crippen molar-refractivity contribution in [1.29, 1.82) is 0 Å². The van der Waals surface area contributed by atoms with Gasteiger partial charge in [-0.3, -0.25) is 10.6 Å². The second-order valence-electron chi connectivity index (χ2n) is 12.8. The molecular formula is C38H38ClF6N9O5. The molecule has 0 radical (unpaired) electrons. The van der Waals surface area contributed by atoms with E-state index in [1.54, 1.807) is 19.2 Å². The van der Waals surface area contributed by atoms with Gasteiger partial charge in [-0.2, -0.15) is 4.98 Å². The van der Waals surface area contributed by atoms with Crippen LogP contribution in [0.4, 0.5) is 65.0 Å². The van der Waals surface area contributed by atoms with Gasteiger partial charge in [-0.25, -0.2) is 24.5 Å². The van der Waals surface area contributed by atoms with Crippen LogP contribution in [0.1, 0.15) is 56.5 Å². The number of nitrogens with one attached hydrogen (secondary N) is 5. The van der Waals surface area contributed by atoms with E-state index in [1.165, 1.54) is 24.3 Å². The second-order valence-corrected chi connectivity index (χ2v) is 13.1. The Morgan fingerprint density at radius 1 is 0.610 bits per heavy atom. The fourth-order valence-corrected chi connectivity index (χ4v) is 4.83. The first-order valence-corrected chi connectivity index (χ1v) is 17.8. The van der Waals surface area contributed by atoms with Crippen molar-refractivity contribution in [2.45, 2.75) is 58.8 Å². The molecule has 59 heavy (non-hydrogen) atoms. The number of amides is 4. The maximum Gasteiger partial charge on any atom is 0.573 e. The summed E-state index contributed by atoms with van der Waals surface area (Å²) in [5.41, 5.74) is 2.92. The lowest BCUT2D eigenvalue weighted by Gasteiger charge is -2.13. The molecule has 5 N–H and O–H groups in total. The highest BCUT2D eigenvalue weighted by molar-refractivity contribution is 6.29. The number of anilines is 5. The smallest absolute Gasteiger partial charge is 0.497 e. The molecule has 4 amide bonds. The van der Waals surface area contributed by atoms with Crippen molar-refractivity contribution in [2.75, 3.05) is 33.7 Å². The summed E-state index contributed by atoms with van der Waals surface area (Å²) in [6.07, 6.45) is -9.56. The molecule has 0 saturated carbocycles. The summed E-state index contributed by atoms with van der Waals surface area (Å²) in [6, 6.07) is 19.1. The van der Waals surface area contributed by atoms with Gasteiger partial charge in [0.1, 0.15) is 28.2 Å². The third-order valence-corrected chi connectivity index (χ3v) is 7.61. The maximum atomic E-state index is 12.4. The van der Waals surface area contributed by atoms with E-state index in [9.17, 15) is 35.9 Å². The minimum Gasteiger partial charge on any atom is -0.497 e. The molecule has 0 saturated heterocycles. The van der Waals surface area contributed by atoms with E-state index in [1.807, 2.05) is 52.0 Å². The standard InChI is InChI=1S/C23H24F3N5O3.C15H14ClF3N4O2/c1-14(2)19-12-20(27-13-15-4-8-17(33-3)9-5-15)30-21(29-19)31-22(32)28-16-6-10-18(11-7-16)34-23(24,25)26;1-8(2)11-7-12(16)22-13(21-11)23-14(24)20-9-3-5-10(6-4-9)25-15(17,18)19/h4-12,14H,13H2,1-3H3,(H3,27,28,29,30,31,32);3-8H,1-2H3,(H2,20,21,22,23,24). The molecule has 0 aliphatic heterocycles. The number of alkyl halides is 6. The largest absolute Gasteiger partial charge is 0.573 e. The number of hydrogen-bond acceptors (Lipinski definition) is 10. The quantitative estimate of drug-likeness (QED) is 0.0600. The number of rotatable bonds is 12. The van der Waals surface area contributed by atoms with E-state index in [4.69, 9.17) is 16.3 Å². The average molecular weight is 850 g/mol. The molecule has 314 valence electrons. The number of urea groups is 2. The van der Waals surface area contributed by atoms with Crippen LogP contribution in [-0.4, -0.2) is 51.8 Å². The first kappa shape index (κ1) is 45.1. The Morgan fingerprint density at radius 3 is 1.46 bits per heavy atom. The lowest BCUT2D eigenvalue weighted by atomic mass is 10.1. The van der Waals surface area contributed by atoms with Gasteiger partial charge in [-0.15, -0.1) is 26.3 Å². The topological polar surface area (TPSA) is 174 Å². The molecule has 3 aromatic carbocycles. The summed E-state index contributed by atoms with van der Waals surface area (Å²) in [6.45, 7) is 8.24. The molecule has 2 heterocycles. The van der Waals surface area contributed by atoms with Gasteiger partial charge in [0.25, 0.3) is 0 Å². The minimum absolute atomic E-state index is 0.0192. The van der Waals surface area contributed by atoms with Gasteiger partial charge in [0.15, 0.2) is 0 Å². The number of methoxy groups -OCH3 is 1. The number of halogens is 7. The number of benzene rings is 3. The van der Waals surface area contributed by atoms with Crippen LogP contribution in [-0.2, 0) is 6.54 Å². The van der Waals surface area contributed by atoms with Gasteiger partial charge in [-0.05, 0) is 84.1 Å². The molecule has 14 nitrogen and oxygen atoms in total. The summed E-state index contributed by atoms with van der Waals surface area (Å²) in [7, 11) is 1.60. The van der Waals surface area contributed by atoms with Crippen LogP contribution >= 0.6 is 11.6 Å². The minimum atomic E-state index is -4.79. The van der Waals surface area contributed by atoms with E-state index in [0.717, 1.165) is 41.3 Å². The van der Waals surface area contributed by atoms with E-state index in [0.29, 0.717) is 18.1 Å². The molecule has 0 bridgehead atoms. The molecule has 5 rings (SSSR count). The van der Waals surface area contributed by atoms with Crippen LogP contribution in [0.5, 0.6) is 17.2 Å². The zero-order valence-electron chi connectivity index (χ0n) is 31.9. The normalized spacial score (nSPS) is 11.2. The molecule has 5 aromatic rings. The number of nitrogens with zero attached hydrogens (tertiary/aromatic N) is 4. The van der Waals surface area contributed by atoms with Gasteiger partial charge in [0, 0.05) is 24.0 Å². The Morgan fingerprint density at radius 2 is 1.03 bits per heavy atom. The first-order valence-electron chi connectivity index (χ1n) is 17.4. The summed E-state index contributed by atoms with van der Waals surface area (Å²) in [4.78, 5) is 41.1. The Balaban J connectivity index is 0.000000273. The molecule has 0 aliphatic rings. The number of hydrogen-bond donors (Lipinski definition) is 5. The van der Waals surface area contributed by atoms with Gasteiger partial charge in [-0.1, -0.05) is 51.4 Å². The SMILES string of the molecule is CC(C)c1cc(Cl)nc(NC(=O)Nc2ccc(OC(F)(F)F)cc2)n1.COc1ccc(CNc2cc(C(C)C)nc(NC(=O)Nc3ccc(OC(F)(F)F)cc3)n2)cc1. The second kappa shape index (κ2) is 20.2. The Labute approximate surface area is 339 Å². The van der Waals surface area contributed by atoms with E-state index >= 15 is 0 Å². The van der Waals surface area contributed by atoms with Crippen LogP contribution in [0, 0.1) is 0 Å². The zero-order valence-corrected chi connectivity index (χ0v) is 32.7. The van der Waals surface area contributed by atoms with Gasteiger partial charge < -0.3 is 30.2 Å². The fourth-order valence-electron chi connectivity index (χ4n) is 4.64. The molecule has 2 aromatic heterocycles. The Hall–Kier alpha value is -6.57. The zero-order chi connectivity index (χ0) is 43.3. The number of carbonyl (C=O) groups excluding carboxylic acids is 2. The van der Waals surface area contributed by atoms with Crippen LogP contribution in [0.3, 0.4) is 0 Å². The molecule has 0 atom stereocenters. The van der Waals surface area contributed by atoms with Gasteiger partial charge >= 0.3 is 24.8 Å². The van der Waals surface area contributed by atoms with E-state index in [2.05, 4.69) is 56.0 Å². The van der Waals surface area contributed by atoms with Gasteiger partial charge in [0.05, 0.1) is 18.5 Å². The fraction of sp³-hybridized carbons (Fsp3) is 0.263. The molecule has 21 heteroatoms. The summed E-state index contributed by atoms with van der Waals surface area (Å²) < 4.78 is 85.8. The van der Waals surface area contributed by atoms with Crippen LogP contribution in [0.2, 0.25) is 5.15 Å². The van der Waals surface area contributed by atoms with E-state index in [-0.39, 0.29) is 46.0 Å². The third kappa shape index (κ3) is 16.1. The van der Waals surface area contributed by atoms with Crippen molar-refractivity contribution in [3.63, 3.8) is 0 Å². The monoisotopic (exact) mass is 849 g/mol.